The predicted octanol–water partition coefficient (Wildman–Crippen LogP) is 10.7. The van der Waals surface area contributed by atoms with E-state index in [9.17, 15) is 4.79 Å². The molecule has 0 unspecified atom stereocenters. The van der Waals surface area contributed by atoms with Crippen LogP contribution < -0.4 is 4.74 Å². The zero-order valence-electron chi connectivity index (χ0n) is 29.4. The maximum Gasteiger partial charge on any atom is 0.528 e. The molecule has 0 aromatic heterocycles. The van der Waals surface area contributed by atoms with Crippen molar-refractivity contribution in [2.45, 2.75) is 70.7 Å². The van der Waals surface area contributed by atoms with Gasteiger partial charge in [-0.15, -0.1) is 5.06 Å². The average Bonchev–Trinajstić information content (AvgIpc) is 3.09. The molecule has 0 spiro atoms. The summed E-state index contributed by atoms with van der Waals surface area (Å²) >= 11 is 25.3. The van der Waals surface area contributed by atoms with Crippen LogP contribution in [0.1, 0.15) is 55.4 Å². The molecule has 1 saturated heterocycles. The smallest absolute Gasteiger partial charge is 0.494 e. The van der Waals surface area contributed by atoms with Crippen LogP contribution >= 0.6 is 46.4 Å². The molecule has 12 heteroatoms. The number of hydrogen-bond acceptors (Lipinski definition) is 8. The Morgan fingerprint density at radius 1 is 0.731 bits per heavy atom. The van der Waals surface area contributed by atoms with Crippen LogP contribution in [0.5, 0.6) is 5.75 Å². The summed E-state index contributed by atoms with van der Waals surface area (Å²) in [4.78, 5) is 18.5. The Hall–Kier alpha value is -3.05. The number of halogens is 4. The van der Waals surface area contributed by atoms with Gasteiger partial charge in [0.1, 0.15) is 11.4 Å². The highest BCUT2D eigenvalue weighted by atomic mass is 35.5. The van der Waals surface area contributed by atoms with E-state index in [4.69, 9.17) is 74.9 Å². The van der Waals surface area contributed by atoms with Crippen molar-refractivity contribution in [2.24, 2.45) is 0 Å². The molecule has 1 aliphatic heterocycles. The number of carbonyl (C=O) groups is 1. The van der Waals surface area contributed by atoms with Crippen LogP contribution in [0.3, 0.4) is 0 Å². The number of hydroxylamine groups is 2. The van der Waals surface area contributed by atoms with Gasteiger partial charge in [0.15, 0.2) is 0 Å². The molecule has 1 aliphatic rings. The third-order valence-electron chi connectivity index (χ3n) is 8.18. The number of ether oxygens (including phenoxy) is 5. The number of carbonyl (C=O) groups excluding carboxylic acids is 1. The molecular weight excluding hydrogens is 748 g/mol. The Labute approximate surface area is 325 Å². The molecule has 0 amide bonds. The fourth-order valence-corrected chi connectivity index (χ4v) is 6.63. The first-order chi connectivity index (χ1) is 24.9. The lowest BCUT2D eigenvalue weighted by molar-refractivity contribution is -0.209. The number of piperidine rings is 1. The maximum absolute atomic E-state index is 12.8. The summed E-state index contributed by atoms with van der Waals surface area (Å²) in [5.41, 5.74) is 2.87. The zero-order chi connectivity index (χ0) is 37.1. The summed E-state index contributed by atoms with van der Waals surface area (Å²) in [5.74, 6) is 0.435. The quantitative estimate of drug-likeness (QED) is 0.0870. The van der Waals surface area contributed by atoms with Gasteiger partial charge in [-0.1, -0.05) is 101 Å². The van der Waals surface area contributed by atoms with Gasteiger partial charge in [0, 0.05) is 32.4 Å². The van der Waals surface area contributed by atoms with E-state index in [0.717, 1.165) is 34.4 Å². The fraction of sp³-hybridized carbons (Fsp3) is 0.375. The van der Waals surface area contributed by atoms with Crippen molar-refractivity contribution >= 4 is 52.6 Å². The van der Waals surface area contributed by atoms with Crippen LogP contribution in [0.25, 0.3) is 0 Å². The third-order valence-corrected chi connectivity index (χ3v) is 9.35. The second-order valence-corrected chi connectivity index (χ2v) is 15.1. The highest BCUT2D eigenvalue weighted by Gasteiger charge is 2.41. The minimum Gasteiger partial charge on any atom is -0.494 e. The molecule has 8 nitrogen and oxygen atoms in total. The standard InChI is InChI=1S/C40H43Cl4NO7/c1-40(2,3)51-39(46)52-45-22-36(49-25-29-10-14-31(41)20-34(29)43)38(37(23-45)50-26-30-11-15-32(42)21-35(30)44)28-12-16-33(17-13-28)48-19-7-18-47-24-27-8-5-4-6-9-27/h4-6,8-17,20-21,36-38H,7,18-19,22-26H2,1-3H3/t36-,37+,38-. The zero-order valence-corrected chi connectivity index (χ0v) is 32.4. The minimum atomic E-state index is -0.822. The van der Waals surface area contributed by atoms with Crippen molar-refractivity contribution in [2.75, 3.05) is 26.3 Å². The highest BCUT2D eigenvalue weighted by molar-refractivity contribution is 6.35. The van der Waals surface area contributed by atoms with Crippen LogP contribution in [-0.4, -0.2) is 55.3 Å². The lowest BCUT2D eigenvalue weighted by atomic mass is 9.85. The summed E-state index contributed by atoms with van der Waals surface area (Å²) in [6.45, 7) is 7.82. The lowest BCUT2D eigenvalue weighted by Gasteiger charge is -2.42. The SMILES string of the molecule is CC(C)(C)OC(=O)ON1C[C@H](OCc2ccc(Cl)cc2Cl)[C@H](c2ccc(OCCCOCc3ccccc3)cc2)[C@H](OCc2ccc(Cl)cc2Cl)C1. The largest absolute Gasteiger partial charge is 0.528 e. The molecule has 0 aliphatic carbocycles. The normalized spacial score (nSPS) is 17.9. The molecule has 3 atom stereocenters. The molecule has 5 rings (SSSR count). The van der Waals surface area contributed by atoms with Crippen LogP contribution in [0.15, 0.2) is 91.0 Å². The summed E-state index contributed by atoms with van der Waals surface area (Å²) in [6, 6.07) is 28.5. The first-order valence-electron chi connectivity index (χ1n) is 17.0. The molecule has 0 saturated carbocycles. The van der Waals surface area contributed by atoms with Crippen molar-refractivity contribution in [3.63, 3.8) is 0 Å². The molecule has 4 aromatic rings. The van der Waals surface area contributed by atoms with Gasteiger partial charge >= 0.3 is 6.16 Å². The third kappa shape index (κ3) is 12.5. The van der Waals surface area contributed by atoms with Crippen LogP contribution in [0, 0.1) is 0 Å². The summed E-state index contributed by atoms with van der Waals surface area (Å²) < 4.78 is 30.5. The van der Waals surface area contributed by atoms with Crippen LogP contribution in [-0.2, 0) is 43.6 Å². The van der Waals surface area contributed by atoms with Gasteiger partial charge in [0.05, 0.1) is 58.3 Å². The molecule has 4 aromatic carbocycles. The minimum absolute atomic E-state index is 0.181. The Bertz CT molecular complexity index is 1670. The molecule has 0 bridgehead atoms. The van der Waals surface area contributed by atoms with E-state index < -0.39 is 24.0 Å². The molecule has 278 valence electrons. The number of rotatable bonds is 15. The second kappa shape index (κ2) is 19.3. The van der Waals surface area contributed by atoms with E-state index in [1.807, 2.05) is 66.7 Å². The van der Waals surface area contributed by atoms with E-state index >= 15 is 0 Å². The number of benzene rings is 4. The Morgan fingerprint density at radius 3 is 1.85 bits per heavy atom. The van der Waals surface area contributed by atoms with E-state index in [2.05, 4.69) is 0 Å². The monoisotopic (exact) mass is 789 g/mol. The van der Waals surface area contributed by atoms with E-state index in [1.165, 1.54) is 5.06 Å². The van der Waals surface area contributed by atoms with Crippen LogP contribution in [0.4, 0.5) is 4.79 Å². The fourth-order valence-electron chi connectivity index (χ4n) is 5.71. The Morgan fingerprint density at radius 2 is 1.31 bits per heavy atom. The van der Waals surface area contributed by atoms with Crippen molar-refractivity contribution < 1.29 is 33.3 Å². The number of hydrogen-bond donors (Lipinski definition) is 0. The summed E-state index contributed by atoms with van der Waals surface area (Å²) in [7, 11) is 0. The Kier molecular flexibility index (Phi) is 14.9. The summed E-state index contributed by atoms with van der Waals surface area (Å²) in [5, 5.41) is 3.54. The van der Waals surface area contributed by atoms with Crippen molar-refractivity contribution in [1.82, 2.24) is 5.06 Å². The van der Waals surface area contributed by atoms with Crippen LogP contribution in [0.2, 0.25) is 20.1 Å². The van der Waals surface area contributed by atoms with Gasteiger partial charge in [-0.05, 0) is 79.4 Å². The molecular formula is C40H43Cl4NO7. The highest BCUT2D eigenvalue weighted by Crippen LogP contribution is 2.36. The number of nitrogens with zero attached hydrogens (tertiary/aromatic N) is 1. The predicted molar refractivity (Wildman–Crippen MR) is 204 cm³/mol. The van der Waals surface area contributed by atoms with Gasteiger partial charge in [-0.2, -0.15) is 0 Å². The average molecular weight is 792 g/mol. The van der Waals surface area contributed by atoms with E-state index in [1.54, 1.807) is 45.0 Å². The molecule has 1 heterocycles. The van der Waals surface area contributed by atoms with Gasteiger partial charge in [0.25, 0.3) is 0 Å². The second-order valence-electron chi connectivity index (χ2n) is 13.4. The van der Waals surface area contributed by atoms with Gasteiger partial charge in [-0.25, -0.2) is 4.79 Å². The summed E-state index contributed by atoms with van der Waals surface area (Å²) in [6.07, 6.45) is -1.10. The van der Waals surface area contributed by atoms with Crippen molar-refractivity contribution in [3.05, 3.63) is 133 Å². The van der Waals surface area contributed by atoms with Gasteiger partial charge in [0.2, 0.25) is 0 Å². The van der Waals surface area contributed by atoms with E-state index in [0.29, 0.717) is 39.9 Å². The molecule has 1 fully saturated rings. The lowest BCUT2D eigenvalue weighted by Crippen LogP contribution is -2.53. The first kappa shape index (κ1) is 40.1. The van der Waals surface area contributed by atoms with Gasteiger partial charge < -0.3 is 28.5 Å². The molecule has 0 N–H and O–H groups in total. The van der Waals surface area contributed by atoms with E-state index in [-0.39, 0.29) is 32.2 Å². The maximum atomic E-state index is 12.8. The van der Waals surface area contributed by atoms with Crippen molar-refractivity contribution in [1.29, 1.82) is 0 Å². The molecule has 52 heavy (non-hydrogen) atoms. The topological polar surface area (TPSA) is 75.7 Å². The molecule has 0 radical (unpaired) electrons. The Balaban J connectivity index is 1.33. The first-order valence-corrected chi connectivity index (χ1v) is 18.6. The van der Waals surface area contributed by atoms with Gasteiger partial charge in [-0.3, -0.25) is 0 Å². The van der Waals surface area contributed by atoms with Crippen molar-refractivity contribution in [3.8, 4) is 5.75 Å².